The maximum atomic E-state index is 12.6. The van der Waals surface area contributed by atoms with Crippen LogP contribution in [-0.4, -0.2) is 94.0 Å². The fourth-order valence-corrected chi connectivity index (χ4v) is 6.87. The maximum Gasteiger partial charge on any atom is 0.216 e. The van der Waals surface area contributed by atoms with Crippen molar-refractivity contribution >= 4 is 40.0 Å². The van der Waals surface area contributed by atoms with Gasteiger partial charge in [0.2, 0.25) is 10.0 Å². The molecule has 0 aromatic rings. The van der Waals surface area contributed by atoms with Gasteiger partial charge in [-0.2, -0.15) is 4.31 Å². The zero-order chi connectivity index (χ0) is 20.6. The highest BCUT2D eigenvalue weighted by molar-refractivity contribution is 14.0. The van der Waals surface area contributed by atoms with E-state index in [0.29, 0.717) is 49.7 Å². The minimum absolute atomic E-state index is 0. The third kappa shape index (κ3) is 4.49. The van der Waals surface area contributed by atoms with Gasteiger partial charge >= 0.3 is 0 Å². The molecule has 4 fully saturated rings. The van der Waals surface area contributed by atoms with Crippen LogP contribution in [0.4, 0.5) is 0 Å². The van der Waals surface area contributed by atoms with E-state index >= 15 is 0 Å². The molecule has 1 N–H and O–H groups in total. The van der Waals surface area contributed by atoms with Gasteiger partial charge in [-0.3, -0.25) is 4.99 Å². The Balaban J connectivity index is 0.00000256. The number of fused-ring (bicyclic) bond motifs is 2. The molecule has 1 spiro atoms. The van der Waals surface area contributed by atoms with Crippen molar-refractivity contribution < 1.29 is 17.9 Å². The van der Waals surface area contributed by atoms with Gasteiger partial charge in [-0.1, -0.05) is 6.42 Å². The summed E-state index contributed by atoms with van der Waals surface area (Å²) in [6.07, 6.45) is 5.39. The number of piperazine rings is 1. The number of ether oxygens (including phenoxy) is 2. The molecule has 2 heterocycles. The van der Waals surface area contributed by atoms with Gasteiger partial charge in [0.05, 0.1) is 24.6 Å². The quantitative estimate of drug-likeness (QED) is 0.304. The largest absolute Gasteiger partial charge is 0.378 e. The van der Waals surface area contributed by atoms with E-state index in [4.69, 9.17) is 9.47 Å². The lowest BCUT2D eigenvalue weighted by atomic mass is 9.46. The molecule has 10 heteroatoms. The summed E-state index contributed by atoms with van der Waals surface area (Å²) >= 11 is 0. The maximum absolute atomic E-state index is 12.6. The smallest absolute Gasteiger partial charge is 0.216 e. The molecule has 0 amide bonds. The molecule has 2 aliphatic carbocycles. The summed E-state index contributed by atoms with van der Waals surface area (Å²) in [5, 5.41) is 3.75. The van der Waals surface area contributed by atoms with E-state index in [2.05, 4.69) is 15.2 Å². The van der Waals surface area contributed by atoms with Gasteiger partial charge in [0.15, 0.2) is 5.96 Å². The Morgan fingerprint density at radius 3 is 2.53 bits per heavy atom. The normalized spacial score (nSPS) is 31.1. The van der Waals surface area contributed by atoms with Crippen LogP contribution in [0, 0.1) is 11.3 Å². The third-order valence-electron chi connectivity index (χ3n) is 7.26. The molecule has 174 valence electrons. The van der Waals surface area contributed by atoms with E-state index in [1.165, 1.54) is 19.3 Å². The molecular formula is C20H37IN4O4S. The summed E-state index contributed by atoms with van der Waals surface area (Å²) in [6.45, 7) is 7.27. The van der Waals surface area contributed by atoms with Gasteiger partial charge in [-0.05, 0) is 33.1 Å². The zero-order valence-electron chi connectivity index (χ0n) is 18.4. The van der Waals surface area contributed by atoms with Gasteiger partial charge < -0.3 is 19.7 Å². The minimum atomic E-state index is -3.27. The lowest BCUT2D eigenvalue weighted by molar-refractivity contribution is -0.171. The molecule has 3 atom stereocenters. The fourth-order valence-electron chi connectivity index (χ4n) is 5.59. The number of sulfonamides is 1. The summed E-state index contributed by atoms with van der Waals surface area (Å²) in [5.41, 5.74) is 0.304. The van der Waals surface area contributed by atoms with Crippen molar-refractivity contribution in [1.82, 2.24) is 14.5 Å². The summed E-state index contributed by atoms with van der Waals surface area (Å²) in [7, 11) is -1.45. The van der Waals surface area contributed by atoms with E-state index in [1.807, 2.05) is 20.9 Å². The van der Waals surface area contributed by atoms with Crippen molar-refractivity contribution in [2.45, 2.75) is 57.8 Å². The molecule has 30 heavy (non-hydrogen) atoms. The van der Waals surface area contributed by atoms with Crippen molar-refractivity contribution in [3.05, 3.63) is 0 Å². The van der Waals surface area contributed by atoms with Crippen molar-refractivity contribution in [3.63, 3.8) is 0 Å². The van der Waals surface area contributed by atoms with E-state index in [-0.39, 0.29) is 42.4 Å². The summed E-state index contributed by atoms with van der Waals surface area (Å²) in [5.74, 6) is 1.55. The first-order chi connectivity index (χ1) is 13.9. The molecular weight excluding hydrogens is 519 g/mol. The first kappa shape index (κ1) is 24.5. The first-order valence-electron chi connectivity index (χ1n) is 11.1. The number of guanidine groups is 1. The Morgan fingerprint density at radius 2 is 1.97 bits per heavy atom. The second-order valence-corrected chi connectivity index (χ2v) is 11.2. The molecule has 0 bridgehead atoms. The highest BCUT2D eigenvalue weighted by Crippen LogP contribution is 2.62. The third-order valence-corrected chi connectivity index (χ3v) is 9.09. The number of aliphatic imine (C=N–C) groups is 1. The average Bonchev–Trinajstić information content (AvgIpc) is 3.06. The fraction of sp³-hybridized carbons (Fsp3) is 0.950. The highest BCUT2D eigenvalue weighted by atomic mass is 127. The van der Waals surface area contributed by atoms with Crippen LogP contribution in [0.1, 0.15) is 39.5 Å². The molecule has 3 unspecified atom stereocenters. The summed E-state index contributed by atoms with van der Waals surface area (Å²) in [6, 6.07) is 0.442. The van der Waals surface area contributed by atoms with E-state index in [0.717, 1.165) is 19.0 Å². The van der Waals surface area contributed by atoms with Crippen molar-refractivity contribution in [1.29, 1.82) is 0 Å². The Kier molecular flexibility index (Phi) is 7.96. The predicted molar refractivity (Wildman–Crippen MR) is 128 cm³/mol. The molecule has 8 nitrogen and oxygen atoms in total. The van der Waals surface area contributed by atoms with Crippen LogP contribution in [0.25, 0.3) is 0 Å². The van der Waals surface area contributed by atoms with Crippen LogP contribution >= 0.6 is 24.0 Å². The Morgan fingerprint density at radius 1 is 1.27 bits per heavy atom. The molecule has 2 saturated heterocycles. The van der Waals surface area contributed by atoms with Crippen LogP contribution in [0.5, 0.6) is 0 Å². The highest BCUT2D eigenvalue weighted by Gasteiger charge is 2.66. The number of nitrogens with one attached hydrogen (secondary N) is 1. The predicted octanol–water partition coefficient (Wildman–Crippen LogP) is 1.51. The number of hydrogen-bond donors (Lipinski definition) is 1. The lowest BCUT2D eigenvalue weighted by Gasteiger charge is -2.63. The number of hydrogen-bond acceptors (Lipinski definition) is 5. The van der Waals surface area contributed by atoms with E-state index in [1.54, 1.807) is 4.31 Å². The Bertz CT molecular complexity index is 720. The van der Waals surface area contributed by atoms with Crippen molar-refractivity contribution in [2.24, 2.45) is 16.3 Å². The van der Waals surface area contributed by atoms with Crippen LogP contribution in [-0.2, 0) is 19.5 Å². The SMILES string of the molecule is CN=C(NC1C2CCOC2C12CCC2)N1CCN(S(=O)(=O)CCOC(C)C)CC1.I. The number of halogens is 1. The van der Waals surface area contributed by atoms with E-state index in [9.17, 15) is 8.42 Å². The van der Waals surface area contributed by atoms with Gasteiger partial charge in [0.25, 0.3) is 0 Å². The van der Waals surface area contributed by atoms with Crippen LogP contribution in [0.3, 0.4) is 0 Å². The minimum Gasteiger partial charge on any atom is -0.378 e. The monoisotopic (exact) mass is 556 g/mol. The first-order valence-corrected chi connectivity index (χ1v) is 12.7. The van der Waals surface area contributed by atoms with Gasteiger partial charge in [0.1, 0.15) is 0 Å². The van der Waals surface area contributed by atoms with Gasteiger partial charge in [-0.25, -0.2) is 8.42 Å². The van der Waals surface area contributed by atoms with Crippen molar-refractivity contribution in [3.8, 4) is 0 Å². The standard InChI is InChI=1S/C20H36N4O4S.HI/c1-15(2)27-13-14-29(25,26)24-10-8-23(9-11-24)19(21-3)22-17-16-5-12-28-18(16)20(17)6-4-7-20;/h15-18H,4-14H2,1-3H3,(H,21,22);1H. The Hall–Kier alpha value is -0.170. The van der Waals surface area contributed by atoms with Crippen LogP contribution < -0.4 is 5.32 Å². The van der Waals surface area contributed by atoms with Gasteiger partial charge in [-0.15, -0.1) is 24.0 Å². The van der Waals surface area contributed by atoms with Crippen LogP contribution in [0.15, 0.2) is 4.99 Å². The molecule has 4 aliphatic rings. The van der Waals surface area contributed by atoms with Gasteiger partial charge in [0, 0.05) is 57.2 Å². The van der Waals surface area contributed by atoms with Crippen molar-refractivity contribution in [2.75, 3.05) is 52.2 Å². The Labute approximate surface area is 198 Å². The number of rotatable bonds is 6. The molecule has 0 aromatic heterocycles. The molecule has 0 radical (unpaired) electrons. The van der Waals surface area contributed by atoms with Crippen LogP contribution in [0.2, 0.25) is 0 Å². The average molecular weight is 557 g/mol. The molecule has 2 aliphatic heterocycles. The molecule has 4 rings (SSSR count). The lowest BCUT2D eigenvalue weighted by Crippen LogP contribution is -2.73. The zero-order valence-corrected chi connectivity index (χ0v) is 21.5. The summed E-state index contributed by atoms with van der Waals surface area (Å²) in [4.78, 5) is 6.73. The molecule has 0 aromatic carbocycles. The molecule has 2 saturated carbocycles. The summed E-state index contributed by atoms with van der Waals surface area (Å²) < 4.78 is 38.2. The topological polar surface area (TPSA) is 83.5 Å². The second-order valence-electron chi connectivity index (χ2n) is 9.12. The number of nitrogens with zero attached hydrogens (tertiary/aromatic N) is 3. The van der Waals surface area contributed by atoms with E-state index < -0.39 is 10.0 Å². The second kappa shape index (κ2) is 9.76.